The van der Waals surface area contributed by atoms with Crippen LogP contribution in [0, 0.1) is 0 Å². The zero-order valence-electron chi connectivity index (χ0n) is 14.0. The van der Waals surface area contributed by atoms with Crippen LogP contribution >= 0.6 is 22.7 Å². The van der Waals surface area contributed by atoms with Crippen molar-refractivity contribution < 1.29 is 14.3 Å². The minimum Gasteiger partial charge on any atom is -0.491 e. The number of aromatic nitrogens is 1. The van der Waals surface area contributed by atoms with Gasteiger partial charge in [-0.3, -0.25) is 10.1 Å². The lowest BCUT2D eigenvalue weighted by Gasteiger charge is -2.11. The van der Waals surface area contributed by atoms with Crippen LogP contribution in [-0.2, 0) is 4.74 Å². The smallest absolute Gasteiger partial charge is 0.257 e. The first-order valence-corrected chi connectivity index (χ1v) is 10.2. The molecule has 0 spiro atoms. The largest absolute Gasteiger partial charge is 0.491 e. The number of anilines is 1. The molecule has 1 aliphatic rings. The first-order chi connectivity index (χ1) is 12.8. The zero-order valence-corrected chi connectivity index (χ0v) is 15.6. The molecule has 134 valence electrons. The monoisotopic (exact) mass is 386 g/mol. The summed E-state index contributed by atoms with van der Waals surface area (Å²) in [5, 5.41) is 7.40. The summed E-state index contributed by atoms with van der Waals surface area (Å²) in [5.74, 6) is 0.564. The molecule has 1 amide bonds. The zero-order chi connectivity index (χ0) is 17.8. The van der Waals surface area contributed by atoms with Crippen molar-refractivity contribution in [2.45, 2.75) is 18.9 Å². The number of hydrogen-bond acceptors (Lipinski definition) is 6. The van der Waals surface area contributed by atoms with Gasteiger partial charge in [0.15, 0.2) is 5.13 Å². The first kappa shape index (κ1) is 17.2. The quantitative estimate of drug-likeness (QED) is 0.668. The fraction of sp³-hybridized carbons (Fsp3) is 0.263. The van der Waals surface area contributed by atoms with E-state index < -0.39 is 0 Å². The van der Waals surface area contributed by atoms with Crippen molar-refractivity contribution >= 4 is 33.7 Å². The van der Waals surface area contributed by atoms with Crippen molar-refractivity contribution in [3.63, 3.8) is 0 Å². The molecule has 3 aromatic rings. The number of thiazole rings is 1. The molecule has 1 unspecified atom stereocenters. The Balaban J connectivity index is 1.34. The molecular weight excluding hydrogens is 368 g/mol. The Hall–Kier alpha value is -2.22. The topological polar surface area (TPSA) is 60.5 Å². The highest BCUT2D eigenvalue weighted by molar-refractivity contribution is 7.16. The number of carbonyl (C=O) groups excluding carboxylic acids is 1. The number of amides is 1. The van der Waals surface area contributed by atoms with Gasteiger partial charge in [-0.2, -0.15) is 0 Å². The summed E-state index contributed by atoms with van der Waals surface area (Å²) in [7, 11) is 0. The Morgan fingerprint density at radius 3 is 2.88 bits per heavy atom. The number of carbonyl (C=O) groups is 1. The van der Waals surface area contributed by atoms with Crippen LogP contribution in [0.2, 0.25) is 0 Å². The van der Waals surface area contributed by atoms with Gasteiger partial charge in [0.2, 0.25) is 0 Å². The van der Waals surface area contributed by atoms with Crippen molar-refractivity contribution in [1.29, 1.82) is 0 Å². The highest BCUT2D eigenvalue weighted by Gasteiger charge is 2.16. The van der Waals surface area contributed by atoms with Crippen LogP contribution in [0.5, 0.6) is 5.75 Å². The second-order valence-electron chi connectivity index (χ2n) is 5.94. The maximum atomic E-state index is 12.4. The van der Waals surface area contributed by atoms with E-state index in [9.17, 15) is 4.79 Å². The van der Waals surface area contributed by atoms with Crippen LogP contribution in [0.3, 0.4) is 0 Å². The first-order valence-electron chi connectivity index (χ1n) is 8.43. The summed E-state index contributed by atoms with van der Waals surface area (Å²) in [5.41, 5.74) is 1.46. The highest BCUT2D eigenvalue weighted by atomic mass is 32.1. The van der Waals surface area contributed by atoms with E-state index in [1.165, 1.54) is 11.3 Å². The van der Waals surface area contributed by atoms with Gasteiger partial charge in [0.1, 0.15) is 12.4 Å². The van der Waals surface area contributed by atoms with E-state index in [-0.39, 0.29) is 12.0 Å². The molecule has 0 bridgehead atoms. The van der Waals surface area contributed by atoms with E-state index in [4.69, 9.17) is 9.47 Å². The minimum atomic E-state index is -0.178. The molecular formula is C19H18N2O3S2. The van der Waals surface area contributed by atoms with Gasteiger partial charge < -0.3 is 9.47 Å². The Kier molecular flexibility index (Phi) is 5.29. The molecule has 0 saturated carbocycles. The molecule has 2 aromatic heterocycles. The van der Waals surface area contributed by atoms with Crippen LogP contribution in [0.4, 0.5) is 5.13 Å². The molecule has 26 heavy (non-hydrogen) atoms. The predicted molar refractivity (Wildman–Crippen MR) is 104 cm³/mol. The summed E-state index contributed by atoms with van der Waals surface area (Å²) in [6.45, 7) is 1.37. The molecule has 3 heterocycles. The van der Waals surface area contributed by atoms with Crippen molar-refractivity contribution in [2.75, 3.05) is 18.5 Å². The Bertz CT molecular complexity index is 853. The van der Waals surface area contributed by atoms with Crippen molar-refractivity contribution in [3.05, 3.63) is 52.7 Å². The second-order valence-corrected chi connectivity index (χ2v) is 7.75. The van der Waals surface area contributed by atoms with Crippen LogP contribution < -0.4 is 10.1 Å². The average Bonchev–Trinajstić information content (AvgIpc) is 3.41. The van der Waals surface area contributed by atoms with Crippen LogP contribution in [-0.4, -0.2) is 30.2 Å². The Morgan fingerprint density at radius 1 is 1.27 bits per heavy atom. The van der Waals surface area contributed by atoms with E-state index in [1.807, 2.05) is 35.0 Å². The number of ether oxygens (including phenoxy) is 2. The van der Waals surface area contributed by atoms with Crippen molar-refractivity contribution in [1.82, 2.24) is 4.98 Å². The number of thiophene rings is 1. The third-order valence-electron chi connectivity index (χ3n) is 4.07. The third-order valence-corrected chi connectivity index (χ3v) is 5.72. The maximum Gasteiger partial charge on any atom is 0.257 e. The van der Waals surface area contributed by atoms with E-state index in [0.717, 1.165) is 35.8 Å². The fourth-order valence-corrected chi connectivity index (χ4v) is 4.17. The van der Waals surface area contributed by atoms with Crippen molar-refractivity contribution in [3.8, 4) is 16.3 Å². The van der Waals surface area contributed by atoms with E-state index >= 15 is 0 Å². The van der Waals surface area contributed by atoms with Gasteiger partial charge in [-0.05, 0) is 48.6 Å². The highest BCUT2D eigenvalue weighted by Crippen LogP contribution is 2.28. The summed E-state index contributed by atoms with van der Waals surface area (Å²) >= 11 is 3.05. The lowest BCUT2D eigenvalue weighted by Crippen LogP contribution is -2.16. The van der Waals surface area contributed by atoms with Gasteiger partial charge in [-0.15, -0.1) is 22.7 Å². The van der Waals surface area contributed by atoms with Crippen LogP contribution in [0.25, 0.3) is 10.6 Å². The average molecular weight is 386 g/mol. The fourth-order valence-electron chi connectivity index (χ4n) is 2.71. The molecule has 1 atom stereocenters. The molecule has 0 radical (unpaired) electrons. The summed E-state index contributed by atoms with van der Waals surface area (Å²) in [6, 6.07) is 11.1. The minimum absolute atomic E-state index is 0.178. The van der Waals surface area contributed by atoms with Gasteiger partial charge in [0, 0.05) is 17.6 Å². The number of nitrogens with one attached hydrogen (secondary N) is 1. The summed E-state index contributed by atoms with van der Waals surface area (Å²) in [4.78, 5) is 17.9. The van der Waals surface area contributed by atoms with Crippen LogP contribution in [0.1, 0.15) is 23.2 Å². The maximum absolute atomic E-state index is 12.4. The van der Waals surface area contributed by atoms with Gasteiger partial charge in [0.25, 0.3) is 5.91 Å². The van der Waals surface area contributed by atoms with Gasteiger partial charge in [-0.25, -0.2) is 4.98 Å². The van der Waals surface area contributed by atoms with E-state index in [1.54, 1.807) is 23.5 Å². The van der Waals surface area contributed by atoms with Crippen LogP contribution in [0.15, 0.2) is 47.2 Å². The molecule has 1 aliphatic heterocycles. The number of rotatable bonds is 6. The van der Waals surface area contributed by atoms with E-state index in [0.29, 0.717) is 17.3 Å². The Morgan fingerprint density at radius 2 is 2.15 bits per heavy atom. The molecule has 1 saturated heterocycles. The van der Waals surface area contributed by atoms with Gasteiger partial charge >= 0.3 is 0 Å². The molecule has 1 N–H and O–H groups in total. The lowest BCUT2D eigenvalue weighted by atomic mass is 10.2. The molecule has 7 heteroatoms. The number of nitrogens with zero attached hydrogens (tertiary/aromatic N) is 1. The van der Waals surface area contributed by atoms with Gasteiger partial charge in [0.05, 0.1) is 16.7 Å². The van der Waals surface area contributed by atoms with E-state index in [2.05, 4.69) is 10.3 Å². The SMILES string of the molecule is O=C(Nc1nc(-c2cccs2)cs1)c1ccc(OCC2CCCO2)cc1. The predicted octanol–water partition coefficient (Wildman–Crippen LogP) is 4.68. The number of hydrogen-bond donors (Lipinski definition) is 1. The lowest BCUT2D eigenvalue weighted by molar-refractivity contribution is 0.0679. The summed E-state index contributed by atoms with van der Waals surface area (Å²) < 4.78 is 11.3. The molecule has 0 aliphatic carbocycles. The third kappa shape index (κ3) is 4.12. The molecule has 1 aromatic carbocycles. The molecule has 4 rings (SSSR count). The molecule has 1 fully saturated rings. The van der Waals surface area contributed by atoms with Gasteiger partial charge in [-0.1, -0.05) is 6.07 Å². The second kappa shape index (κ2) is 7.99. The Labute approximate surface area is 159 Å². The molecule has 5 nitrogen and oxygen atoms in total. The number of benzene rings is 1. The van der Waals surface area contributed by atoms with Crippen molar-refractivity contribution in [2.24, 2.45) is 0 Å². The standard InChI is InChI=1S/C19H18N2O3S2/c22-18(21-19-20-16(12-26-19)17-4-2-10-25-17)13-5-7-14(8-6-13)24-11-15-3-1-9-23-15/h2,4-8,10,12,15H,1,3,9,11H2,(H,20,21,22). The summed E-state index contributed by atoms with van der Waals surface area (Å²) in [6.07, 6.45) is 2.32. The normalized spacial score (nSPS) is 16.5.